The lowest BCUT2D eigenvalue weighted by Crippen LogP contribution is -2.28. The second-order valence-corrected chi connectivity index (χ2v) is 5.11. The van der Waals surface area contributed by atoms with E-state index in [0.717, 1.165) is 43.2 Å². The van der Waals surface area contributed by atoms with Gasteiger partial charge in [-0.2, -0.15) is 0 Å². The van der Waals surface area contributed by atoms with Gasteiger partial charge in [-0.05, 0) is 31.9 Å². The predicted octanol–water partition coefficient (Wildman–Crippen LogP) is 1.91. The van der Waals surface area contributed by atoms with E-state index in [1.807, 2.05) is 13.0 Å². The van der Waals surface area contributed by atoms with Crippen molar-refractivity contribution in [1.29, 1.82) is 0 Å². The summed E-state index contributed by atoms with van der Waals surface area (Å²) in [6, 6.07) is 3.60. The number of hydrogen-bond donors (Lipinski definition) is 1. The molecule has 0 aromatic carbocycles. The van der Waals surface area contributed by atoms with E-state index < -0.39 is 0 Å². The maximum absolute atomic E-state index is 12.4. The maximum Gasteiger partial charge on any atom is 0.255 e. The molecule has 3 heterocycles. The zero-order valence-corrected chi connectivity index (χ0v) is 12.0. The first-order chi connectivity index (χ1) is 10.3. The molecule has 1 N–H and O–H groups in total. The number of nitrogens with one attached hydrogen (secondary N) is 1. The van der Waals surface area contributed by atoms with E-state index in [1.54, 1.807) is 12.3 Å². The molecular formula is C15H18N4O2. The zero-order chi connectivity index (χ0) is 14.7. The molecule has 0 bridgehead atoms. The van der Waals surface area contributed by atoms with E-state index in [4.69, 9.17) is 4.42 Å². The standard InChI is InChI=1S/C15H18N4O2/c1-11-13(18-10-21-11)9-17-15(20)12-5-4-6-16-14(12)19-7-2-3-8-19/h4-6,10H,2-3,7-9H2,1H3,(H,17,20). The van der Waals surface area contributed by atoms with E-state index in [1.165, 1.54) is 6.39 Å². The van der Waals surface area contributed by atoms with E-state index in [2.05, 4.69) is 20.2 Å². The lowest BCUT2D eigenvalue weighted by Gasteiger charge is -2.19. The molecule has 110 valence electrons. The van der Waals surface area contributed by atoms with Crippen molar-refractivity contribution in [3.63, 3.8) is 0 Å². The van der Waals surface area contributed by atoms with Gasteiger partial charge in [0.05, 0.1) is 12.1 Å². The molecule has 1 amide bonds. The highest BCUT2D eigenvalue weighted by Gasteiger charge is 2.20. The van der Waals surface area contributed by atoms with E-state index >= 15 is 0 Å². The van der Waals surface area contributed by atoms with E-state index in [-0.39, 0.29) is 5.91 Å². The van der Waals surface area contributed by atoms with Gasteiger partial charge in [-0.1, -0.05) is 0 Å². The van der Waals surface area contributed by atoms with Crippen LogP contribution in [0.4, 0.5) is 5.82 Å². The van der Waals surface area contributed by atoms with Gasteiger partial charge in [0.1, 0.15) is 17.3 Å². The lowest BCUT2D eigenvalue weighted by molar-refractivity contribution is 0.0950. The van der Waals surface area contributed by atoms with Gasteiger partial charge in [0, 0.05) is 19.3 Å². The summed E-state index contributed by atoms with van der Waals surface area (Å²) in [6.45, 7) is 4.10. The SMILES string of the molecule is Cc1ocnc1CNC(=O)c1cccnc1N1CCCC1. The summed E-state index contributed by atoms with van der Waals surface area (Å²) in [5.41, 5.74) is 1.36. The van der Waals surface area contributed by atoms with Gasteiger partial charge in [-0.15, -0.1) is 0 Å². The van der Waals surface area contributed by atoms with Gasteiger partial charge in [0.2, 0.25) is 0 Å². The quantitative estimate of drug-likeness (QED) is 0.929. The fraction of sp³-hybridized carbons (Fsp3) is 0.400. The molecular weight excluding hydrogens is 268 g/mol. The fourth-order valence-corrected chi connectivity index (χ4v) is 2.51. The zero-order valence-electron chi connectivity index (χ0n) is 12.0. The van der Waals surface area contributed by atoms with Crippen molar-refractivity contribution in [2.24, 2.45) is 0 Å². The molecule has 3 rings (SSSR count). The van der Waals surface area contributed by atoms with Crippen LogP contribution in [-0.2, 0) is 6.54 Å². The van der Waals surface area contributed by atoms with Crippen molar-refractivity contribution in [3.8, 4) is 0 Å². The number of hydrogen-bond acceptors (Lipinski definition) is 5. The minimum atomic E-state index is -0.132. The Morgan fingerprint density at radius 1 is 1.38 bits per heavy atom. The second kappa shape index (κ2) is 5.95. The highest BCUT2D eigenvalue weighted by Crippen LogP contribution is 2.21. The highest BCUT2D eigenvalue weighted by molar-refractivity contribution is 5.98. The molecule has 1 aliphatic rings. The normalized spacial score (nSPS) is 14.4. The molecule has 1 fully saturated rings. The van der Waals surface area contributed by atoms with Crippen molar-refractivity contribution in [2.45, 2.75) is 26.3 Å². The van der Waals surface area contributed by atoms with Gasteiger partial charge < -0.3 is 14.6 Å². The first-order valence-electron chi connectivity index (χ1n) is 7.13. The Labute approximate surface area is 123 Å². The molecule has 1 aliphatic heterocycles. The first-order valence-corrected chi connectivity index (χ1v) is 7.13. The monoisotopic (exact) mass is 286 g/mol. The number of amides is 1. The van der Waals surface area contributed by atoms with Gasteiger partial charge >= 0.3 is 0 Å². The molecule has 2 aromatic rings. The number of aromatic nitrogens is 2. The minimum Gasteiger partial charge on any atom is -0.448 e. The van der Waals surface area contributed by atoms with E-state index in [9.17, 15) is 4.79 Å². The molecule has 6 heteroatoms. The summed E-state index contributed by atoms with van der Waals surface area (Å²) in [5, 5.41) is 2.88. The summed E-state index contributed by atoms with van der Waals surface area (Å²) in [5.74, 6) is 1.36. The Morgan fingerprint density at radius 3 is 2.90 bits per heavy atom. The first kappa shape index (κ1) is 13.6. The average Bonchev–Trinajstić information content (AvgIpc) is 3.16. The molecule has 0 spiro atoms. The molecule has 1 saturated heterocycles. The van der Waals surface area contributed by atoms with Crippen molar-refractivity contribution >= 4 is 11.7 Å². The van der Waals surface area contributed by atoms with Crippen molar-refractivity contribution in [3.05, 3.63) is 41.7 Å². The summed E-state index contributed by atoms with van der Waals surface area (Å²) in [4.78, 5) is 23.0. The third-order valence-electron chi connectivity index (χ3n) is 3.70. The smallest absolute Gasteiger partial charge is 0.255 e. The number of anilines is 1. The minimum absolute atomic E-state index is 0.132. The molecule has 0 atom stereocenters. The number of carbonyl (C=O) groups excluding carboxylic acids is 1. The van der Waals surface area contributed by atoms with Crippen LogP contribution in [0.15, 0.2) is 29.1 Å². The average molecular weight is 286 g/mol. The number of pyridine rings is 1. The Morgan fingerprint density at radius 2 is 2.19 bits per heavy atom. The third-order valence-corrected chi connectivity index (χ3v) is 3.70. The number of rotatable bonds is 4. The number of aryl methyl sites for hydroxylation is 1. The fourth-order valence-electron chi connectivity index (χ4n) is 2.51. The molecule has 0 saturated carbocycles. The van der Waals surface area contributed by atoms with E-state index in [0.29, 0.717) is 12.1 Å². The summed E-state index contributed by atoms with van der Waals surface area (Å²) in [6.07, 6.45) is 5.41. The molecule has 0 radical (unpaired) electrons. The second-order valence-electron chi connectivity index (χ2n) is 5.11. The molecule has 21 heavy (non-hydrogen) atoms. The summed E-state index contributed by atoms with van der Waals surface area (Å²) < 4.78 is 5.12. The topological polar surface area (TPSA) is 71.3 Å². The van der Waals surface area contributed by atoms with Crippen molar-refractivity contribution in [2.75, 3.05) is 18.0 Å². The third kappa shape index (κ3) is 2.89. The molecule has 0 aliphatic carbocycles. The van der Waals surface area contributed by atoms with Crippen LogP contribution in [0.5, 0.6) is 0 Å². The largest absolute Gasteiger partial charge is 0.448 e. The number of nitrogens with zero attached hydrogens (tertiary/aromatic N) is 3. The Hall–Kier alpha value is -2.37. The van der Waals surface area contributed by atoms with Crippen LogP contribution >= 0.6 is 0 Å². The summed E-state index contributed by atoms with van der Waals surface area (Å²) in [7, 11) is 0. The van der Waals surface area contributed by atoms with Crippen LogP contribution in [-0.4, -0.2) is 29.0 Å². The Balaban J connectivity index is 1.73. The van der Waals surface area contributed by atoms with Crippen molar-refractivity contribution in [1.82, 2.24) is 15.3 Å². The predicted molar refractivity (Wildman–Crippen MR) is 78.1 cm³/mol. The summed E-state index contributed by atoms with van der Waals surface area (Å²) >= 11 is 0. The number of carbonyl (C=O) groups is 1. The van der Waals surface area contributed by atoms with Gasteiger partial charge in [-0.3, -0.25) is 4.79 Å². The van der Waals surface area contributed by atoms with Crippen molar-refractivity contribution < 1.29 is 9.21 Å². The van der Waals surface area contributed by atoms with Gasteiger partial charge in [0.25, 0.3) is 5.91 Å². The molecule has 6 nitrogen and oxygen atoms in total. The van der Waals surface area contributed by atoms with Gasteiger partial charge in [0.15, 0.2) is 6.39 Å². The van der Waals surface area contributed by atoms with Crippen LogP contribution < -0.4 is 10.2 Å². The maximum atomic E-state index is 12.4. The Bertz CT molecular complexity index is 632. The highest BCUT2D eigenvalue weighted by atomic mass is 16.3. The van der Waals surface area contributed by atoms with Crippen LogP contribution in [0, 0.1) is 6.92 Å². The van der Waals surface area contributed by atoms with Crippen LogP contribution in [0.3, 0.4) is 0 Å². The molecule has 0 unspecified atom stereocenters. The molecule has 2 aromatic heterocycles. The Kier molecular flexibility index (Phi) is 3.85. The number of oxazole rings is 1. The van der Waals surface area contributed by atoms with Crippen LogP contribution in [0.1, 0.15) is 34.7 Å². The van der Waals surface area contributed by atoms with Crippen LogP contribution in [0.2, 0.25) is 0 Å². The van der Waals surface area contributed by atoms with Gasteiger partial charge in [-0.25, -0.2) is 9.97 Å². The lowest BCUT2D eigenvalue weighted by atomic mass is 10.2. The van der Waals surface area contributed by atoms with Crippen LogP contribution in [0.25, 0.3) is 0 Å².